The monoisotopic (exact) mass is 211 g/mol. The van der Waals surface area contributed by atoms with Gasteiger partial charge in [-0.2, -0.15) is 0 Å². The van der Waals surface area contributed by atoms with Crippen LogP contribution in [-0.2, 0) is 4.74 Å². The van der Waals surface area contributed by atoms with E-state index in [-0.39, 0.29) is 12.1 Å². The highest BCUT2D eigenvalue weighted by atomic mass is 16.6. The highest BCUT2D eigenvalue weighted by molar-refractivity contribution is 5.69. The normalized spacial score (nSPS) is 22.3. The van der Waals surface area contributed by atoms with Crippen LogP contribution in [0.1, 0.15) is 41.0 Å². The molecule has 86 valence electrons. The summed E-state index contributed by atoms with van der Waals surface area (Å²) in [7, 11) is 0. The lowest BCUT2D eigenvalue weighted by atomic mass is 10.0. The number of hydrogen-bond acceptors (Lipinski definition) is 2. The van der Waals surface area contributed by atoms with Crippen molar-refractivity contribution in [1.29, 1.82) is 0 Å². The molecule has 0 N–H and O–H groups in total. The number of amides is 1. The number of rotatable bonds is 0. The van der Waals surface area contributed by atoms with Gasteiger partial charge in [0.15, 0.2) is 0 Å². The Bertz CT molecular complexity index is 276. The summed E-state index contributed by atoms with van der Waals surface area (Å²) < 4.78 is 5.36. The van der Waals surface area contributed by atoms with Crippen molar-refractivity contribution in [3.8, 4) is 0 Å². The van der Waals surface area contributed by atoms with E-state index < -0.39 is 5.60 Å². The fourth-order valence-electron chi connectivity index (χ4n) is 1.61. The van der Waals surface area contributed by atoms with Gasteiger partial charge < -0.3 is 9.64 Å². The first-order valence-electron chi connectivity index (χ1n) is 5.47. The number of hydrogen-bond donors (Lipinski definition) is 0. The number of ether oxygens (including phenoxy) is 1. The Balaban J connectivity index is 2.65. The number of nitrogens with zero attached hydrogens (tertiary/aromatic N) is 1. The first kappa shape index (κ1) is 12.1. The second-order valence-corrected chi connectivity index (χ2v) is 5.09. The summed E-state index contributed by atoms with van der Waals surface area (Å²) >= 11 is 0. The van der Waals surface area contributed by atoms with E-state index in [9.17, 15) is 4.79 Å². The summed E-state index contributed by atoms with van der Waals surface area (Å²) in [6.45, 7) is 10.5. The fourth-order valence-corrected chi connectivity index (χ4v) is 1.61. The van der Waals surface area contributed by atoms with Crippen LogP contribution in [0.3, 0.4) is 0 Å². The van der Waals surface area contributed by atoms with Crippen molar-refractivity contribution in [2.45, 2.75) is 52.7 Å². The smallest absolute Gasteiger partial charge is 0.410 e. The molecule has 0 unspecified atom stereocenters. The maximum Gasteiger partial charge on any atom is 0.410 e. The van der Waals surface area contributed by atoms with Gasteiger partial charge in [0, 0.05) is 6.54 Å². The van der Waals surface area contributed by atoms with Crippen molar-refractivity contribution in [2.75, 3.05) is 6.54 Å². The van der Waals surface area contributed by atoms with Crippen LogP contribution in [0.5, 0.6) is 0 Å². The predicted octanol–water partition coefficient (Wildman–Crippen LogP) is 2.96. The fraction of sp³-hybridized carbons (Fsp3) is 0.750. The maximum absolute atomic E-state index is 11.8. The molecular weight excluding hydrogens is 190 g/mol. The zero-order chi connectivity index (χ0) is 11.6. The van der Waals surface area contributed by atoms with Crippen LogP contribution in [0.15, 0.2) is 11.6 Å². The molecule has 0 saturated carbocycles. The van der Waals surface area contributed by atoms with E-state index in [1.165, 1.54) is 5.57 Å². The third kappa shape index (κ3) is 3.26. The lowest BCUT2D eigenvalue weighted by Gasteiger charge is -2.34. The molecule has 0 aromatic carbocycles. The SMILES string of the molecule is CC1=CCCN(C(=O)OC(C)(C)C)[C@@H]1C. The molecule has 0 aliphatic carbocycles. The Morgan fingerprint density at radius 2 is 2.13 bits per heavy atom. The molecule has 1 rings (SSSR count). The number of carbonyl (C=O) groups is 1. The lowest BCUT2D eigenvalue weighted by molar-refractivity contribution is 0.0196. The molecular formula is C12H21NO2. The molecule has 0 aromatic rings. The van der Waals surface area contributed by atoms with Crippen molar-refractivity contribution in [2.24, 2.45) is 0 Å². The van der Waals surface area contributed by atoms with Crippen LogP contribution in [0.25, 0.3) is 0 Å². The topological polar surface area (TPSA) is 29.5 Å². The van der Waals surface area contributed by atoms with E-state index in [0.29, 0.717) is 0 Å². The first-order valence-corrected chi connectivity index (χ1v) is 5.47. The summed E-state index contributed by atoms with van der Waals surface area (Å²) in [6.07, 6.45) is 2.91. The van der Waals surface area contributed by atoms with E-state index in [4.69, 9.17) is 4.74 Å². The summed E-state index contributed by atoms with van der Waals surface area (Å²) in [5.41, 5.74) is 0.832. The molecule has 1 aliphatic rings. The molecule has 1 atom stereocenters. The highest BCUT2D eigenvalue weighted by Crippen LogP contribution is 2.20. The Labute approximate surface area is 92.1 Å². The third-order valence-electron chi connectivity index (χ3n) is 2.59. The van der Waals surface area contributed by atoms with Crippen LogP contribution < -0.4 is 0 Å². The van der Waals surface area contributed by atoms with Crippen LogP contribution >= 0.6 is 0 Å². The Kier molecular flexibility index (Phi) is 3.42. The molecule has 3 heteroatoms. The van der Waals surface area contributed by atoms with Gasteiger partial charge in [0.25, 0.3) is 0 Å². The van der Waals surface area contributed by atoms with Gasteiger partial charge in [-0.1, -0.05) is 11.6 Å². The number of carbonyl (C=O) groups excluding carboxylic acids is 1. The van der Waals surface area contributed by atoms with Crippen molar-refractivity contribution in [3.63, 3.8) is 0 Å². The minimum Gasteiger partial charge on any atom is -0.444 e. The maximum atomic E-state index is 11.8. The van der Waals surface area contributed by atoms with Crippen molar-refractivity contribution >= 4 is 6.09 Å². The average Bonchev–Trinajstić information content (AvgIpc) is 2.06. The van der Waals surface area contributed by atoms with Crippen LogP contribution in [0.4, 0.5) is 4.79 Å². The molecule has 0 aromatic heterocycles. The summed E-state index contributed by atoms with van der Waals surface area (Å²) in [6, 6.07) is 0.161. The van der Waals surface area contributed by atoms with Gasteiger partial charge in [-0.25, -0.2) is 4.79 Å². The molecule has 0 fully saturated rings. The minimum absolute atomic E-state index is 0.161. The van der Waals surface area contributed by atoms with Gasteiger partial charge in [-0.05, 0) is 41.0 Å². The Hall–Kier alpha value is -0.990. The Morgan fingerprint density at radius 3 is 2.67 bits per heavy atom. The van der Waals surface area contributed by atoms with E-state index in [1.807, 2.05) is 27.7 Å². The average molecular weight is 211 g/mol. The largest absolute Gasteiger partial charge is 0.444 e. The van der Waals surface area contributed by atoms with Gasteiger partial charge >= 0.3 is 6.09 Å². The molecule has 3 nitrogen and oxygen atoms in total. The van der Waals surface area contributed by atoms with E-state index in [0.717, 1.165) is 13.0 Å². The first-order chi connectivity index (χ1) is 6.81. The van der Waals surface area contributed by atoms with Gasteiger partial charge in [-0.3, -0.25) is 0 Å². The van der Waals surface area contributed by atoms with Gasteiger partial charge in [-0.15, -0.1) is 0 Å². The summed E-state index contributed by atoms with van der Waals surface area (Å²) in [4.78, 5) is 13.6. The van der Waals surface area contributed by atoms with Crippen LogP contribution in [0.2, 0.25) is 0 Å². The quantitative estimate of drug-likeness (QED) is 0.576. The predicted molar refractivity (Wildman–Crippen MR) is 60.8 cm³/mol. The summed E-state index contributed by atoms with van der Waals surface area (Å²) in [5.74, 6) is 0. The van der Waals surface area contributed by atoms with E-state index >= 15 is 0 Å². The zero-order valence-electron chi connectivity index (χ0n) is 10.3. The van der Waals surface area contributed by atoms with Crippen molar-refractivity contribution < 1.29 is 9.53 Å². The molecule has 1 heterocycles. The van der Waals surface area contributed by atoms with E-state index in [2.05, 4.69) is 13.0 Å². The molecule has 1 amide bonds. The minimum atomic E-state index is -0.411. The molecule has 0 bridgehead atoms. The van der Waals surface area contributed by atoms with Gasteiger partial charge in [0.1, 0.15) is 5.60 Å². The second kappa shape index (κ2) is 4.25. The van der Waals surface area contributed by atoms with Crippen LogP contribution in [0, 0.1) is 0 Å². The molecule has 15 heavy (non-hydrogen) atoms. The molecule has 0 radical (unpaired) electrons. The van der Waals surface area contributed by atoms with Crippen molar-refractivity contribution in [1.82, 2.24) is 4.90 Å². The third-order valence-corrected chi connectivity index (χ3v) is 2.59. The molecule has 1 aliphatic heterocycles. The van der Waals surface area contributed by atoms with Gasteiger partial charge in [0.05, 0.1) is 6.04 Å². The standard InChI is InChI=1S/C12H21NO2/c1-9-7-6-8-13(10(9)2)11(14)15-12(3,4)5/h7,10H,6,8H2,1-5H3/t10-/m1/s1. The lowest BCUT2D eigenvalue weighted by Crippen LogP contribution is -2.44. The van der Waals surface area contributed by atoms with E-state index in [1.54, 1.807) is 4.90 Å². The highest BCUT2D eigenvalue weighted by Gasteiger charge is 2.27. The Morgan fingerprint density at radius 1 is 1.53 bits per heavy atom. The zero-order valence-corrected chi connectivity index (χ0v) is 10.3. The van der Waals surface area contributed by atoms with Crippen molar-refractivity contribution in [3.05, 3.63) is 11.6 Å². The molecule has 0 spiro atoms. The van der Waals surface area contributed by atoms with Gasteiger partial charge in [0.2, 0.25) is 0 Å². The summed E-state index contributed by atoms with van der Waals surface area (Å²) in [5, 5.41) is 0. The molecule has 0 saturated heterocycles. The second-order valence-electron chi connectivity index (χ2n) is 5.09. The van der Waals surface area contributed by atoms with Crippen LogP contribution in [-0.4, -0.2) is 29.2 Å².